The Kier molecular flexibility index (Phi) is 4.81. The molecule has 3 nitrogen and oxygen atoms in total. The quantitative estimate of drug-likeness (QED) is 0.323. The molecular formula is C25H17IN2OS2. The lowest BCUT2D eigenvalue weighted by Gasteiger charge is -2.30. The Morgan fingerprint density at radius 1 is 1.03 bits per heavy atom. The summed E-state index contributed by atoms with van der Waals surface area (Å²) in [6.07, 6.45) is 3.92. The van der Waals surface area contributed by atoms with Gasteiger partial charge in [0.1, 0.15) is 0 Å². The van der Waals surface area contributed by atoms with Crippen molar-refractivity contribution in [2.75, 3.05) is 0 Å². The number of allylic oxidation sites excluding steroid dienone is 1. The number of hydrogen-bond donors (Lipinski definition) is 0. The first-order valence-corrected chi connectivity index (χ1v) is 12.9. The summed E-state index contributed by atoms with van der Waals surface area (Å²) in [5.74, 6) is 0. The van der Waals surface area contributed by atoms with Crippen LogP contribution in [0.25, 0.3) is 11.8 Å². The molecule has 0 radical (unpaired) electrons. The smallest absolute Gasteiger partial charge is 0.271 e. The molecule has 2 aromatic carbocycles. The minimum Gasteiger partial charge on any atom is -0.271 e. The SMILES string of the molecule is O=c1c(=Cc2ccccc2I)sc2n1C(c1cccs1)C1=C(N=2)c2ccccc2CC1. The Balaban J connectivity index is 1.64. The van der Waals surface area contributed by atoms with Crippen LogP contribution in [0.1, 0.15) is 34.0 Å². The maximum absolute atomic E-state index is 13.6. The molecule has 2 aliphatic rings. The van der Waals surface area contributed by atoms with E-state index in [9.17, 15) is 4.79 Å². The van der Waals surface area contributed by atoms with Crippen LogP contribution in [0.3, 0.4) is 0 Å². The summed E-state index contributed by atoms with van der Waals surface area (Å²) in [5, 5.41) is 2.09. The minimum atomic E-state index is -0.0726. The van der Waals surface area contributed by atoms with Crippen molar-refractivity contribution in [2.24, 2.45) is 4.99 Å². The van der Waals surface area contributed by atoms with Crippen LogP contribution in [0.2, 0.25) is 0 Å². The monoisotopic (exact) mass is 552 g/mol. The van der Waals surface area contributed by atoms with E-state index in [4.69, 9.17) is 4.99 Å². The number of rotatable bonds is 2. The molecule has 2 aromatic heterocycles. The molecule has 3 heterocycles. The van der Waals surface area contributed by atoms with E-state index in [1.54, 1.807) is 11.3 Å². The normalized spacial score (nSPS) is 17.7. The maximum Gasteiger partial charge on any atom is 0.271 e. The highest BCUT2D eigenvalue weighted by Crippen LogP contribution is 2.42. The first kappa shape index (κ1) is 19.4. The fraction of sp³-hybridized carbons (Fsp3) is 0.120. The van der Waals surface area contributed by atoms with Crippen LogP contribution in [-0.4, -0.2) is 4.57 Å². The molecule has 152 valence electrons. The van der Waals surface area contributed by atoms with E-state index < -0.39 is 0 Å². The van der Waals surface area contributed by atoms with Gasteiger partial charge < -0.3 is 0 Å². The second-order valence-corrected chi connectivity index (χ2v) is 10.8. The van der Waals surface area contributed by atoms with Crippen LogP contribution in [0, 0.1) is 3.57 Å². The number of fused-ring (bicyclic) bond motifs is 3. The zero-order valence-corrected chi connectivity index (χ0v) is 20.2. The third kappa shape index (κ3) is 3.20. The van der Waals surface area contributed by atoms with Crippen molar-refractivity contribution < 1.29 is 0 Å². The predicted octanol–water partition coefficient (Wildman–Crippen LogP) is 4.98. The molecule has 1 unspecified atom stereocenters. The third-order valence-corrected chi connectivity index (χ3v) is 8.77. The first-order valence-electron chi connectivity index (χ1n) is 10.1. The lowest BCUT2D eigenvalue weighted by atomic mass is 9.85. The van der Waals surface area contributed by atoms with Gasteiger partial charge in [0, 0.05) is 14.0 Å². The Labute approximate surface area is 200 Å². The number of thiazole rings is 1. The Morgan fingerprint density at radius 3 is 2.71 bits per heavy atom. The van der Waals surface area contributed by atoms with Gasteiger partial charge in [0.25, 0.3) is 5.56 Å². The van der Waals surface area contributed by atoms with Crippen LogP contribution < -0.4 is 14.9 Å². The highest BCUT2D eigenvalue weighted by atomic mass is 127. The van der Waals surface area contributed by atoms with Crippen molar-refractivity contribution in [3.05, 3.63) is 116 Å². The van der Waals surface area contributed by atoms with Gasteiger partial charge in [0.05, 0.1) is 16.3 Å². The van der Waals surface area contributed by atoms with Crippen LogP contribution >= 0.6 is 45.3 Å². The van der Waals surface area contributed by atoms with Gasteiger partial charge in [-0.25, -0.2) is 4.99 Å². The molecule has 1 aliphatic heterocycles. The van der Waals surface area contributed by atoms with Crippen molar-refractivity contribution in [1.29, 1.82) is 0 Å². The van der Waals surface area contributed by atoms with E-state index in [0.717, 1.165) is 37.0 Å². The molecule has 1 aliphatic carbocycles. The van der Waals surface area contributed by atoms with Crippen LogP contribution in [0.5, 0.6) is 0 Å². The Bertz CT molecular complexity index is 1530. The highest BCUT2D eigenvalue weighted by molar-refractivity contribution is 14.1. The van der Waals surface area contributed by atoms with Gasteiger partial charge in [-0.3, -0.25) is 9.36 Å². The third-order valence-electron chi connectivity index (χ3n) is 5.88. The molecule has 4 aromatic rings. The van der Waals surface area contributed by atoms with Gasteiger partial charge in [-0.2, -0.15) is 0 Å². The van der Waals surface area contributed by atoms with Gasteiger partial charge in [0.2, 0.25) is 0 Å². The number of benzene rings is 2. The summed E-state index contributed by atoms with van der Waals surface area (Å²) < 4.78 is 3.79. The van der Waals surface area contributed by atoms with Crippen LogP contribution in [-0.2, 0) is 6.42 Å². The molecule has 0 amide bonds. The first-order chi connectivity index (χ1) is 15.2. The number of aryl methyl sites for hydroxylation is 1. The second-order valence-electron chi connectivity index (χ2n) is 7.65. The Morgan fingerprint density at radius 2 is 1.87 bits per heavy atom. The maximum atomic E-state index is 13.6. The molecular weight excluding hydrogens is 535 g/mol. The number of halogens is 1. The molecule has 0 N–H and O–H groups in total. The summed E-state index contributed by atoms with van der Waals surface area (Å²) in [5.41, 5.74) is 5.98. The summed E-state index contributed by atoms with van der Waals surface area (Å²) in [7, 11) is 0. The van der Waals surface area contributed by atoms with E-state index >= 15 is 0 Å². The van der Waals surface area contributed by atoms with Crippen molar-refractivity contribution in [2.45, 2.75) is 18.9 Å². The van der Waals surface area contributed by atoms with E-state index in [2.05, 4.69) is 76.5 Å². The predicted molar refractivity (Wildman–Crippen MR) is 136 cm³/mol. The average Bonchev–Trinajstić information content (AvgIpc) is 3.43. The molecule has 0 bridgehead atoms. The molecule has 0 fully saturated rings. The van der Waals surface area contributed by atoms with Crippen molar-refractivity contribution >= 4 is 57.0 Å². The van der Waals surface area contributed by atoms with E-state index in [0.29, 0.717) is 0 Å². The largest absolute Gasteiger partial charge is 0.271 e. The standard InChI is InChI=1S/C25H17IN2OS2/c26-19-9-4-2-7-16(19)14-21-24(29)28-23(20-10-5-13-30-20)18-12-11-15-6-1-3-8-17(15)22(18)27-25(28)31-21/h1-10,13-14,23H,11-12H2. The van der Waals surface area contributed by atoms with Gasteiger partial charge in [0.15, 0.2) is 4.80 Å². The zero-order chi connectivity index (χ0) is 20.9. The fourth-order valence-electron chi connectivity index (χ4n) is 4.45. The molecule has 31 heavy (non-hydrogen) atoms. The molecule has 1 atom stereocenters. The fourth-order valence-corrected chi connectivity index (χ4v) is 6.83. The average molecular weight is 552 g/mol. The lowest BCUT2D eigenvalue weighted by molar-refractivity contribution is 0.593. The van der Waals surface area contributed by atoms with Crippen molar-refractivity contribution in [1.82, 2.24) is 4.57 Å². The lowest BCUT2D eigenvalue weighted by Crippen LogP contribution is -2.38. The molecule has 0 spiro atoms. The van der Waals surface area contributed by atoms with Crippen molar-refractivity contribution in [3.63, 3.8) is 0 Å². The van der Waals surface area contributed by atoms with E-state index in [1.165, 1.54) is 32.9 Å². The van der Waals surface area contributed by atoms with Crippen LogP contribution in [0.4, 0.5) is 0 Å². The number of nitrogens with zero attached hydrogens (tertiary/aromatic N) is 2. The van der Waals surface area contributed by atoms with E-state index in [-0.39, 0.29) is 11.6 Å². The molecule has 0 saturated carbocycles. The molecule has 6 rings (SSSR count). The molecule has 0 saturated heterocycles. The van der Waals surface area contributed by atoms with Gasteiger partial charge in [-0.15, -0.1) is 11.3 Å². The van der Waals surface area contributed by atoms with Gasteiger partial charge in [-0.1, -0.05) is 59.9 Å². The van der Waals surface area contributed by atoms with Crippen molar-refractivity contribution in [3.8, 4) is 0 Å². The topological polar surface area (TPSA) is 34.4 Å². The Hall–Kier alpha value is -2.29. The summed E-state index contributed by atoms with van der Waals surface area (Å²) >= 11 is 5.52. The number of thiophene rings is 1. The van der Waals surface area contributed by atoms with Gasteiger partial charge >= 0.3 is 0 Å². The second kappa shape index (κ2) is 7.69. The summed E-state index contributed by atoms with van der Waals surface area (Å²) in [4.78, 5) is 20.7. The minimum absolute atomic E-state index is 0.0483. The zero-order valence-electron chi connectivity index (χ0n) is 16.4. The molecule has 6 heteroatoms. The summed E-state index contributed by atoms with van der Waals surface area (Å²) in [6.45, 7) is 0. The van der Waals surface area contributed by atoms with Gasteiger partial charge in [-0.05, 0) is 75.7 Å². The highest BCUT2D eigenvalue weighted by Gasteiger charge is 2.32. The van der Waals surface area contributed by atoms with E-state index in [1.807, 2.05) is 22.8 Å². The number of aromatic nitrogens is 1. The summed E-state index contributed by atoms with van der Waals surface area (Å²) in [6, 6.07) is 20.8. The van der Waals surface area contributed by atoms with Crippen LogP contribution in [0.15, 0.2) is 81.4 Å². The number of hydrogen-bond acceptors (Lipinski definition) is 4.